The first kappa shape index (κ1) is 13.3. The fourth-order valence-electron chi connectivity index (χ4n) is 2.24. The number of rotatable bonds is 3. The molecule has 0 saturated heterocycles. The lowest BCUT2D eigenvalue weighted by Crippen LogP contribution is -2.13. The Labute approximate surface area is 121 Å². The molecule has 1 amide bonds. The van der Waals surface area contributed by atoms with Gasteiger partial charge in [-0.3, -0.25) is 9.78 Å². The molecule has 0 saturated carbocycles. The summed E-state index contributed by atoms with van der Waals surface area (Å²) in [6.45, 7) is 1.67. The number of pyridine rings is 1. The van der Waals surface area contributed by atoms with Gasteiger partial charge in [0.2, 0.25) is 0 Å². The van der Waals surface area contributed by atoms with E-state index in [2.05, 4.69) is 10.3 Å². The maximum absolute atomic E-state index is 12.4. The zero-order valence-electron chi connectivity index (χ0n) is 11.5. The fraction of sp³-hybridized carbons (Fsp3) is 0.125. The minimum atomic E-state index is -0.355. The molecule has 0 aliphatic carbocycles. The van der Waals surface area contributed by atoms with Crippen LogP contribution in [0.2, 0.25) is 0 Å². The fourth-order valence-corrected chi connectivity index (χ4v) is 2.24. The Morgan fingerprint density at radius 2 is 2.14 bits per heavy atom. The molecular formula is C16H14N2O3. The SMILES string of the molecule is Cc1c(C(=O)Nc2cnccc2CO)oc2ccccc12. The highest BCUT2D eigenvalue weighted by molar-refractivity contribution is 6.06. The zero-order valence-corrected chi connectivity index (χ0v) is 11.5. The topological polar surface area (TPSA) is 75.4 Å². The number of aliphatic hydroxyl groups is 1. The number of hydrogen-bond donors (Lipinski definition) is 2. The third-order valence-electron chi connectivity index (χ3n) is 3.38. The quantitative estimate of drug-likeness (QED) is 0.774. The van der Waals surface area contributed by atoms with Crippen molar-refractivity contribution in [3.8, 4) is 0 Å². The number of benzene rings is 1. The van der Waals surface area contributed by atoms with E-state index >= 15 is 0 Å². The number of carbonyl (C=O) groups excluding carboxylic acids is 1. The van der Waals surface area contributed by atoms with Gasteiger partial charge in [0.05, 0.1) is 18.5 Å². The van der Waals surface area contributed by atoms with Crippen LogP contribution in [0.15, 0.2) is 47.1 Å². The molecule has 1 aromatic carbocycles. The van der Waals surface area contributed by atoms with Gasteiger partial charge in [0.1, 0.15) is 5.58 Å². The van der Waals surface area contributed by atoms with Crippen LogP contribution in [0.4, 0.5) is 5.69 Å². The lowest BCUT2D eigenvalue weighted by Gasteiger charge is -2.07. The van der Waals surface area contributed by atoms with E-state index in [0.717, 1.165) is 10.9 Å². The van der Waals surface area contributed by atoms with Crippen molar-refractivity contribution in [2.75, 3.05) is 5.32 Å². The molecular weight excluding hydrogens is 268 g/mol. The number of hydrogen-bond acceptors (Lipinski definition) is 4. The Bertz CT molecular complexity index is 808. The van der Waals surface area contributed by atoms with Crippen molar-refractivity contribution < 1.29 is 14.3 Å². The summed E-state index contributed by atoms with van der Waals surface area (Å²) in [7, 11) is 0. The van der Waals surface area contributed by atoms with Gasteiger partial charge in [-0.2, -0.15) is 0 Å². The number of anilines is 1. The maximum Gasteiger partial charge on any atom is 0.291 e. The first-order valence-corrected chi connectivity index (χ1v) is 6.54. The largest absolute Gasteiger partial charge is 0.451 e. The molecule has 0 fully saturated rings. The van der Waals surface area contributed by atoms with Crippen molar-refractivity contribution in [2.24, 2.45) is 0 Å². The average Bonchev–Trinajstić information content (AvgIpc) is 2.85. The highest BCUT2D eigenvalue weighted by Gasteiger charge is 2.18. The standard InChI is InChI=1S/C16H14N2O3/c1-10-12-4-2-3-5-14(12)21-15(10)16(20)18-13-8-17-7-6-11(13)9-19/h2-8,19H,9H2,1H3,(H,18,20). The molecule has 5 nitrogen and oxygen atoms in total. The Morgan fingerprint density at radius 3 is 2.90 bits per heavy atom. The van der Waals surface area contributed by atoms with Gasteiger partial charge in [-0.15, -0.1) is 0 Å². The van der Waals surface area contributed by atoms with Gasteiger partial charge in [0.25, 0.3) is 5.91 Å². The molecule has 0 unspecified atom stereocenters. The number of para-hydroxylation sites is 1. The third kappa shape index (κ3) is 2.39. The summed E-state index contributed by atoms with van der Waals surface area (Å²) in [5, 5.41) is 12.9. The monoisotopic (exact) mass is 282 g/mol. The van der Waals surface area contributed by atoms with E-state index in [1.165, 1.54) is 6.20 Å². The van der Waals surface area contributed by atoms with Crippen LogP contribution in [-0.2, 0) is 6.61 Å². The summed E-state index contributed by atoms with van der Waals surface area (Å²) < 4.78 is 5.61. The number of carbonyl (C=O) groups is 1. The number of aliphatic hydroxyl groups excluding tert-OH is 1. The zero-order chi connectivity index (χ0) is 14.8. The van der Waals surface area contributed by atoms with Crippen LogP contribution in [0.1, 0.15) is 21.7 Å². The number of nitrogens with one attached hydrogen (secondary N) is 1. The number of aryl methyl sites for hydroxylation is 1. The van der Waals surface area contributed by atoms with E-state index in [-0.39, 0.29) is 18.3 Å². The van der Waals surface area contributed by atoms with E-state index in [4.69, 9.17) is 4.42 Å². The molecule has 0 bridgehead atoms. The number of fused-ring (bicyclic) bond motifs is 1. The predicted octanol–water partition coefficient (Wildman–Crippen LogP) is 2.88. The van der Waals surface area contributed by atoms with Gasteiger partial charge in [0, 0.05) is 22.7 Å². The van der Waals surface area contributed by atoms with Crippen molar-refractivity contribution in [2.45, 2.75) is 13.5 Å². The summed E-state index contributed by atoms with van der Waals surface area (Å²) in [4.78, 5) is 16.3. The Morgan fingerprint density at radius 1 is 1.33 bits per heavy atom. The van der Waals surface area contributed by atoms with Gasteiger partial charge < -0.3 is 14.8 Å². The normalized spacial score (nSPS) is 10.8. The van der Waals surface area contributed by atoms with Crippen LogP contribution >= 0.6 is 0 Å². The van der Waals surface area contributed by atoms with Gasteiger partial charge in [0.15, 0.2) is 5.76 Å². The summed E-state index contributed by atoms with van der Waals surface area (Å²) >= 11 is 0. The molecule has 0 aliphatic heterocycles. The second-order valence-electron chi connectivity index (χ2n) is 4.70. The number of aromatic nitrogens is 1. The first-order valence-electron chi connectivity index (χ1n) is 6.54. The minimum Gasteiger partial charge on any atom is -0.451 e. The Kier molecular flexibility index (Phi) is 3.41. The first-order chi connectivity index (χ1) is 10.2. The molecule has 3 aromatic rings. The van der Waals surface area contributed by atoms with Crippen molar-refractivity contribution in [1.29, 1.82) is 0 Å². The van der Waals surface area contributed by atoms with Gasteiger partial charge in [-0.05, 0) is 19.1 Å². The third-order valence-corrected chi connectivity index (χ3v) is 3.38. The number of nitrogens with zero attached hydrogens (tertiary/aromatic N) is 1. The number of furan rings is 1. The number of amides is 1. The van der Waals surface area contributed by atoms with E-state index in [1.807, 2.05) is 31.2 Å². The molecule has 2 aromatic heterocycles. The minimum absolute atomic E-state index is 0.169. The van der Waals surface area contributed by atoms with Crippen molar-refractivity contribution in [1.82, 2.24) is 4.98 Å². The maximum atomic E-state index is 12.4. The van der Waals surface area contributed by atoms with Crippen molar-refractivity contribution in [3.05, 3.63) is 59.6 Å². The Hall–Kier alpha value is -2.66. The second-order valence-corrected chi connectivity index (χ2v) is 4.70. The second kappa shape index (κ2) is 5.38. The molecule has 0 atom stereocenters. The molecule has 106 valence electrons. The van der Waals surface area contributed by atoms with Crippen LogP contribution in [0.25, 0.3) is 11.0 Å². The van der Waals surface area contributed by atoms with E-state index in [9.17, 15) is 9.90 Å². The lowest BCUT2D eigenvalue weighted by molar-refractivity contribution is 0.0997. The molecule has 0 spiro atoms. The molecule has 2 heterocycles. The van der Waals surface area contributed by atoms with E-state index in [1.54, 1.807) is 12.3 Å². The van der Waals surface area contributed by atoms with E-state index < -0.39 is 0 Å². The molecule has 0 radical (unpaired) electrons. The van der Waals surface area contributed by atoms with Gasteiger partial charge >= 0.3 is 0 Å². The lowest BCUT2D eigenvalue weighted by atomic mass is 10.1. The highest BCUT2D eigenvalue weighted by Crippen LogP contribution is 2.26. The summed E-state index contributed by atoms with van der Waals surface area (Å²) in [6, 6.07) is 9.15. The van der Waals surface area contributed by atoms with Crippen LogP contribution < -0.4 is 5.32 Å². The predicted molar refractivity (Wildman–Crippen MR) is 79.1 cm³/mol. The van der Waals surface area contributed by atoms with Crippen LogP contribution in [-0.4, -0.2) is 16.0 Å². The molecule has 5 heteroatoms. The van der Waals surface area contributed by atoms with Gasteiger partial charge in [-0.25, -0.2) is 0 Å². The summed E-state index contributed by atoms with van der Waals surface area (Å²) in [5.41, 5.74) is 2.54. The van der Waals surface area contributed by atoms with E-state index in [0.29, 0.717) is 16.8 Å². The van der Waals surface area contributed by atoms with Crippen molar-refractivity contribution in [3.63, 3.8) is 0 Å². The van der Waals surface area contributed by atoms with Crippen molar-refractivity contribution >= 4 is 22.6 Å². The average molecular weight is 282 g/mol. The van der Waals surface area contributed by atoms with Crippen LogP contribution in [0.3, 0.4) is 0 Å². The van der Waals surface area contributed by atoms with Crippen LogP contribution in [0, 0.1) is 6.92 Å². The smallest absolute Gasteiger partial charge is 0.291 e. The summed E-state index contributed by atoms with van der Waals surface area (Å²) in [6.07, 6.45) is 3.06. The highest BCUT2D eigenvalue weighted by atomic mass is 16.3. The molecule has 21 heavy (non-hydrogen) atoms. The molecule has 2 N–H and O–H groups in total. The van der Waals surface area contributed by atoms with Gasteiger partial charge in [-0.1, -0.05) is 18.2 Å². The van der Waals surface area contributed by atoms with Crippen LogP contribution in [0.5, 0.6) is 0 Å². The molecule has 3 rings (SSSR count). The molecule has 0 aliphatic rings. The summed E-state index contributed by atoms with van der Waals surface area (Å²) in [5.74, 6) is -0.0876. The Balaban J connectivity index is 1.96.